The van der Waals surface area contributed by atoms with Crippen molar-refractivity contribution in [2.45, 2.75) is 30.8 Å². The van der Waals surface area contributed by atoms with Crippen LogP contribution in [0, 0.1) is 11.3 Å². The number of nitrogens with zero attached hydrogens (tertiary/aromatic N) is 3. The Kier molecular flexibility index (Phi) is 6.41. The Morgan fingerprint density at radius 1 is 1.23 bits per heavy atom. The van der Waals surface area contributed by atoms with E-state index in [0.717, 1.165) is 11.7 Å². The van der Waals surface area contributed by atoms with E-state index in [0.29, 0.717) is 27.4 Å². The van der Waals surface area contributed by atoms with Crippen LogP contribution in [-0.4, -0.2) is 37.4 Å². The molecule has 2 heterocycles. The fourth-order valence-electron chi connectivity index (χ4n) is 3.26. The van der Waals surface area contributed by atoms with E-state index >= 15 is 0 Å². The van der Waals surface area contributed by atoms with Gasteiger partial charge < -0.3 is 4.57 Å². The molecule has 2 aromatic heterocycles. The standard InChI is InChI=1S/C20H19ClF2N4O2S/c1-12(2)27-19-7-13(21)3-5-16(19)17(10-24)20(27)18-6-4-15(11-25-18)30(28,29)26-14(8-22)9-23/h3-7,11-12,14,26H,8-9H2,1-2H3. The minimum atomic E-state index is -4.14. The van der Waals surface area contributed by atoms with Gasteiger partial charge in [-0.05, 0) is 44.2 Å². The number of hydrogen-bond acceptors (Lipinski definition) is 4. The first-order valence-electron chi connectivity index (χ1n) is 9.07. The number of nitrogens with one attached hydrogen (secondary N) is 1. The number of fused-ring (bicyclic) bond motifs is 1. The van der Waals surface area contributed by atoms with Crippen molar-refractivity contribution in [3.8, 4) is 17.5 Å². The van der Waals surface area contributed by atoms with E-state index in [1.54, 1.807) is 18.2 Å². The summed E-state index contributed by atoms with van der Waals surface area (Å²) in [7, 11) is -4.14. The summed E-state index contributed by atoms with van der Waals surface area (Å²) in [6.07, 6.45) is 1.10. The lowest BCUT2D eigenvalue weighted by Gasteiger charge is -2.15. The quantitative estimate of drug-likeness (QED) is 0.575. The van der Waals surface area contributed by atoms with Crippen LogP contribution in [0.5, 0.6) is 0 Å². The molecule has 0 bridgehead atoms. The third-order valence-electron chi connectivity index (χ3n) is 4.58. The number of halogens is 3. The predicted octanol–water partition coefficient (Wildman–Crippen LogP) is 4.40. The third kappa shape index (κ3) is 4.03. The number of alkyl halides is 2. The highest BCUT2D eigenvalue weighted by Crippen LogP contribution is 2.36. The van der Waals surface area contributed by atoms with Gasteiger partial charge in [-0.25, -0.2) is 21.9 Å². The molecule has 10 heteroatoms. The number of hydrogen-bond donors (Lipinski definition) is 1. The molecular formula is C20H19ClF2N4O2S. The molecule has 0 spiro atoms. The van der Waals surface area contributed by atoms with E-state index in [1.807, 2.05) is 23.1 Å². The van der Waals surface area contributed by atoms with Crippen LogP contribution in [0.25, 0.3) is 22.3 Å². The van der Waals surface area contributed by atoms with E-state index < -0.39 is 29.4 Å². The Bertz CT molecular complexity index is 1210. The number of aromatic nitrogens is 2. The van der Waals surface area contributed by atoms with Crippen molar-refractivity contribution in [2.75, 3.05) is 13.3 Å². The summed E-state index contributed by atoms with van der Waals surface area (Å²) in [5.74, 6) is 0. The van der Waals surface area contributed by atoms with Gasteiger partial charge in [-0.15, -0.1) is 0 Å². The third-order valence-corrected chi connectivity index (χ3v) is 6.32. The number of rotatable bonds is 7. The van der Waals surface area contributed by atoms with E-state index in [-0.39, 0.29) is 10.9 Å². The van der Waals surface area contributed by atoms with Crippen molar-refractivity contribution in [3.63, 3.8) is 0 Å². The first-order valence-corrected chi connectivity index (χ1v) is 10.9. The van der Waals surface area contributed by atoms with Crippen LogP contribution < -0.4 is 4.72 Å². The van der Waals surface area contributed by atoms with Gasteiger partial charge in [0.1, 0.15) is 24.3 Å². The zero-order valence-electron chi connectivity index (χ0n) is 16.2. The molecule has 0 saturated heterocycles. The molecule has 0 unspecified atom stereocenters. The molecule has 0 fully saturated rings. The Balaban J connectivity index is 2.13. The Hall–Kier alpha value is -2.54. The fraction of sp³-hybridized carbons (Fsp3) is 0.300. The minimum Gasteiger partial charge on any atom is -0.335 e. The molecule has 0 aliphatic carbocycles. The molecule has 3 aromatic rings. The van der Waals surface area contributed by atoms with Crippen molar-refractivity contribution in [3.05, 3.63) is 47.1 Å². The molecule has 0 amide bonds. The highest BCUT2D eigenvalue weighted by molar-refractivity contribution is 7.89. The topological polar surface area (TPSA) is 87.8 Å². The molecular weight excluding hydrogens is 434 g/mol. The number of sulfonamides is 1. The smallest absolute Gasteiger partial charge is 0.242 e. The molecule has 0 atom stereocenters. The van der Waals surface area contributed by atoms with E-state index in [4.69, 9.17) is 11.6 Å². The summed E-state index contributed by atoms with van der Waals surface area (Å²) < 4.78 is 53.9. The molecule has 0 radical (unpaired) electrons. The maximum atomic E-state index is 12.7. The van der Waals surface area contributed by atoms with Crippen molar-refractivity contribution in [1.29, 1.82) is 5.26 Å². The highest BCUT2D eigenvalue weighted by Gasteiger charge is 2.24. The zero-order valence-corrected chi connectivity index (χ0v) is 17.8. The van der Waals surface area contributed by atoms with Crippen LogP contribution in [0.1, 0.15) is 25.5 Å². The summed E-state index contributed by atoms with van der Waals surface area (Å²) in [6, 6.07) is 8.68. The average Bonchev–Trinajstić information content (AvgIpc) is 3.05. The number of nitriles is 1. The summed E-state index contributed by atoms with van der Waals surface area (Å²) >= 11 is 6.14. The maximum absolute atomic E-state index is 12.7. The Morgan fingerprint density at radius 2 is 1.93 bits per heavy atom. The van der Waals surface area contributed by atoms with Crippen molar-refractivity contribution >= 4 is 32.5 Å². The van der Waals surface area contributed by atoms with Gasteiger partial charge in [0, 0.05) is 22.6 Å². The summed E-state index contributed by atoms with van der Waals surface area (Å²) in [4.78, 5) is 4.00. The second-order valence-electron chi connectivity index (χ2n) is 6.97. The monoisotopic (exact) mass is 452 g/mol. The molecule has 0 aliphatic heterocycles. The van der Waals surface area contributed by atoms with Crippen LogP contribution >= 0.6 is 11.6 Å². The average molecular weight is 453 g/mol. The number of benzene rings is 1. The fourth-order valence-corrected chi connectivity index (χ4v) is 4.56. The minimum absolute atomic E-state index is 0.0372. The molecule has 30 heavy (non-hydrogen) atoms. The van der Waals surface area contributed by atoms with Gasteiger partial charge in [-0.3, -0.25) is 4.98 Å². The van der Waals surface area contributed by atoms with Crippen LogP contribution in [-0.2, 0) is 10.0 Å². The van der Waals surface area contributed by atoms with Gasteiger partial charge in [-0.2, -0.15) is 5.26 Å². The Morgan fingerprint density at radius 3 is 2.47 bits per heavy atom. The van der Waals surface area contributed by atoms with Gasteiger partial charge in [0.2, 0.25) is 10.0 Å². The molecule has 1 N–H and O–H groups in total. The molecule has 0 saturated carbocycles. The molecule has 3 rings (SSSR count). The first-order chi connectivity index (χ1) is 14.2. The highest BCUT2D eigenvalue weighted by atomic mass is 35.5. The summed E-state index contributed by atoms with van der Waals surface area (Å²) in [6.45, 7) is 1.57. The molecule has 0 aliphatic rings. The van der Waals surface area contributed by atoms with E-state index in [9.17, 15) is 22.5 Å². The van der Waals surface area contributed by atoms with Crippen molar-refractivity contribution < 1.29 is 17.2 Å². The summed E-state index contributed by atoms with van der Waals surface area (Å²) in [5.41, 5.74) is 2.08. The largest absolute Gasteiger partial charge is 0.335 e. The zero-order chi connectivity index (χ0) is 22.1. The van der Waals surface area contributed by atoms with Crippen LogP contribution in [0.2, 0.25) is 5.02 Å². The number of pyridine rings is 1. The van der Waals surface area contributed by atoms with Gasteiger partial charge >= 0.3 is 0 Å². The lowest BCUT2D eigenvalue weighted by atomic mass is 10.1. The second kappa shape index (κ2) is 8.68. The van der Waals surface area contributed by atoms with Gasteiger partial charge in [0.25, 0.3) is 0 Å². The van der Waals surface area contributed by atoms with E-state index in [2.05, 4.69) is 11.1 Å². The van der Waals surface area contributed by atoms with Crippen LogP contribution in [0.15, 0.2) is 41.4 Å². The summed E-state index contributed by atoms with van der Waals surface area (Å²) in [5, 5.41) is 11.0. The Labute approximate surface area is 178 Å². The van der Waals surface area contributed by atoms with Crippen LogP contribution in [0.3, 0.4) is 0 Å². The van der Waals surface area contributed by atoms with Gasteiger partial charge in [-0.1, -0.05) is 11.6 Å². The maximum Gasteiger partial charge on any atom is 0.242 e. The molecule has 1 aromatic carbocycles. The van der Waals surface area contributed by atoms with E-state index in [1.165, 1.54) is 12.1 Å². The predicted molar refractivity (Wildman–Crippen MR) is 111 cm³/mol. The van der Waals surface area contributed by atoms with Crippen LogP contribution in [0.4, 0.5) is 8.78 Å². The van der Waals surface area contributed by atoms with Gasteiger partial charge in [0.05, 0.1) is 28.5 Å². The second-order valence-corrected chi connectivity index (χ2v) is 9.12. The lowest BCUT2D eigenvalue weighted by molar-refractivity contribution is 0.334. The first kappa shape index (κ1) is 22.2. The van der Waals surface area contributed by atoms with Gasteiger partial charge in [0.15, 0.2) is 0 Å². The van der Waals surface area contributed by atoms with Crippen molar-refractivity contribution in [1.82, 2.24) is 14.3 Å². The lowest BCUT2D eigenvalue weighted by Crippen LogP contribution is -2.37. The molecule has 6 nitrogen and oxygen atoms in total. The molecule has 158 valence electrons. The SMILES string of the molecule is CC(C)n1c(-c2ccc(S(=O)(=O)NC(CF)CF)cn2)c(C#N)c2ccc(Cl)cc21. The van der Waals surface area contributed by atoms with Crippen molar-refractivity contribution in [2.24, 2.45) is 0 Å². The normalized spacial score (nSPS) is 12.1.